The summed E-state index contributed by atoms with van der Waals surface area (Å²) in [5.41, 5.74) is 6.08. The van der Waals surface area contributed by atoms with Crippen molar-refractivity contribution in [2.24, 2.45) is 39.2 Å². The Kier molecular flexibility index (Phi) is 19.2. The van der Waals surface area contributed by atoms with Gasteiger partial charge in [-0.25, -0.2) is 0 Å². The van der Waals surface area contributed by atoms with Crippen LogP contribution in [0, 0.1) is 33.5 Å². The van der Waals surface area contributed by atoms with Crippen molar-refractivity contribution in [3.63, 3.8) is 0 Å². The molecule has 362 valence electrons. The van der Waals surface area contributed by atoms with Gasteiger partial charge in [0, 0.05) is 24.2 Å². The van der Waals surface area contributed by atoms with Crippen molar-refractivity contribution in [2.45, 2.75) is 147 Å². The molecule has 10 heteroatoms. The molecule has 0 spiro atoms. The number of carbonyl (C=O) groups is 4. The molecule has 3 N–H and O–H groups in total. The van der Waals surface area contributed by atoms with Gasteiger partial charge < -0.3 is 30.0 Å². The van der Waals surface area contributed by atoms with E-state index in [1.165, 1.54) is 25.7 Å². The normalized spacial score (nSPS) is 19.0. The number of benzene rings is 4. The molecule has 2 aliphatic rings. The lowest BCUT2D eigenvalue weighted by Gasteiger charge is -2.37. The van der Waals surface area contributed by atoms with Crippen LogP contribution in [-0.2, 0) is 19.1 Å². The third-order valence-electron chi connectivity index (χ3n) is 13.3. The van der Waals surface area contributed by atoms with Gasteiger partial charge in [-0.2, -0.15) is 0 Å². The molecule has 10 nitrogen and oxygen atoms in total. The lowest BCUT2D eigenvalue weighted by Crippen LogP contribution is -2.40. The number of hydrogen-bond donors (Lipinski definition) is 2. The molecule has 0 aromatic heterocycles. The summed E-state index contributed by atoms with van der Waals surface area (Å²) in [5.74, 6) is 2.65. The number of esters is 2. The van der Waals surface area contributed by atoms with Crippen LogP contribution in [0.3, 0.4) is 0 Å². The van der Waals surface area contributed by atoms with Gasteiger partial charge in [0.2, 0.25) is 0 Å². The van der Waals surface area contributed by atoms with Crippen LogP contribution in [0.1, 0.15) is 155 Å². The summed E-state index contributed by atoms with van der Waals surface area (Å²) in [7, 11) is 0. The zero-order valence-electron chi connectivity index (χ0n) is 42.1. The predicted octanol–water partition coefficient (Wildman–Crippen LogP) is 12.3. The van der Waals surface area contributed by atoms with Crippen LogP contribution in [0.5, 0.6) is 11.5 Å². The molecule has 0 saturated heterocycles. The monoisotopic (exact) mass is 909 g/mol. The Labute approximate surface area is 395 Å². The molecule has 2 saturated carbocycles. The summed E-state index contributed by atoms with van der Waals surface area (Å²) in [6.45, 7) is 25.9. The van der Waals surface area contributed by atoms with Gasteiger partial charge in [-0.15, -0.1) is 0 Å². The molecule has 2 aliphatic carbocycles. The van der Waals surface area contributed by atoms with Crippen molar-refractivity contribution in [1.29, 1.82) is 0 Å². The fourth-order valence-corrected chi connectivity index (χ4v) is 8.52. The minimum Gasteiger partial charge on any atom is -0.490 e. The van der Waals surface area contributed by atoms with Crippen LogP contribution in [0.15, 0.2) is 72.8 Å². The third-order valence-corrected chi connectivity index (χ3v) is 13.3. The first-order chi connectivity index (χ1) is 31.0. The van der Waals surface area contributed by atoms with Crippen molar-refractivity contribution in [3.05, 3.63) is 83.9 Å². The standard InChI is InChI=1S/C28H39NO4.C21H26O2.C7H15NO2/c1-7-32-26(31)28(5,6)18-29-25(30)21-9-8-20-17-24(13-10-19(20)16-21)33-23-14-11-22(12-15-23)27(2,3)4;1-21(2,3)18-7-10-19(11-8-18)23-20-9-6-16-12-15(14-22)4-5-17(16)13-20;1-4-10-6(9)7(2,3)5-8/h8-10,13,16-17,22-23H,7,11-12,14-15,18H2,1-6H3,(H,29,30);4-6,9,12-14,18-19H,7-8,10-11H2,1-3H3;4-5,8H2,1-3H3. The van der Waals surface area contributed by atoms with E-state index in [0.717, 1.165) is 76.8 Å². The highest BCUT2D eigenvalue weighted by molar-refractivity contribution is 5.99. The van der Waals surface area contributed by atoms with Gasteiger partial charge in [0.1, 0.15) is 17.8 Å². The molecule has 2 fully saturated rings. The molecule has 0 radical (unpaired) electrons. The number of hydrogen-bond acceptors (Lipinski definition) is 9. The van der Waals surface area contributed by atoms with Gasteiger partial charge in [-0.1, -0.05) is 71.9 Å². The van der Waals surface area contributed by atoms with E-state index in [0.29, 0.717) is 47.8 Å². The minimum atomic E-state index is -0.777. The highest BCUT2D eigenvalue weighted by atomic mass is 16.5. The zero-order valence-corrected chi connectivity index (χ0v) is 42.1. The molecule has 4 aromatic carbocycles. The highest BCUT2D eigenvalue weighted by Gasteiger charge is 2.33. The maximum Gasteiger partial charge on any atom is 0.313 e. The average Bonchev–Trinajstić information content (AvgIpc) is 3.28. The smallest absolute Gasteiger partial charge is 0.313 e. The summed E-state index contributed by atoms with van der Waals surface area (Å²) < 4.78 is 22.4. The molecular weight excluding hydrogens is 829 g/mol. The SMILES string of the molecule is CC(C)(C)C1CCC(Oc2ccc3cc(C=O)ccc3c2)CC1.CCOC(=O)C(C)(C)CN.CCOC(=O)C(C)(C)CNC(=O)c1ccc2cc(OC3CCC(C(C)(C)C)CC3)ccc2c1. The Hall–Kier alpha value is -4.96. The number of nitrogens with one attached hydrogen (secondary N) is 1. The fraction of sp³-hybridized carbons (Fsp3) is 0.571. The maximum atomic E-state index is 12.7. The highest BCUT2D eigenvalue weighted by Crippen LogP contribution is 2.40. The van der Waals surface area contributed by atoms with Gasteiger partial charge in [-0.05, 0) is 180 Å². The van der Waals surface area contributed by atoms with Crippen molar-refractivity contribution < 1.29 is 38.1 Å². The summed E-state index contributed by atoms with van der Waals surface area (Å²) >= 11 is 0. The summed E-state index contributed by atoms with van der Waals surface area (Å²) in [4.78, 5) is 46.5. The van der Waals surface area contributed by atoms with Crippen molar-refractivity contribution in [1.82, 2.24) is 5.32 Å². The topological polar surface area (TPSA) is 143 Å². The van der Waals surface area contributed by atoms with E-state index in [-0.39, 0.29) is 30.5 Å². The number of ether oxygens (including phenoxy) is 4. The molecule has 0 atom stereocenters. The first-order valence-corrected chi connectivity index (χ1v) is 24.2. The Morgan fingerprint density at radius 3 is 1.41 bits per heavy atom. The van der Waals surface area contributed by atoms with Crippen molar-refractivity contribution in [2.75, 3.05) is 26.3 Å². The molecule has 4 aromatic rings. The van der Waals surface area contributed by atoms with Crippen LogP contribution in [0.4, 0.5) is 0 Å². The van der Waals surface area contributed by atoms with Gasteiger partial charge in [0.25, 0.3) is 5.91 Å². The first kappa shape index (κ1) is 53.7. The van der Waals surface area contributed by atoms with Crippen molar-refractivity contribution in [3.8, 4) is 11.5 Å². The second-order valence-corrected chi connectivity index (χ2v) is 21.6. The lowest BCUT2D eigenvalue weighted by atomic mass is 9.72. The van der Waals surface area contributed by atoms with Gasteiger partial charge in [-0.3, -0.25) is 19.2 Å². The zero-order chi connectivity index (χ0) is 48.9. The number of nitrogens with two attached hydrogens (primary N) is 1. The van der Waals surface area contributed by atoms with Gasteiger partial charge in [0.15, 0.2) is 0 Å². The van der Waals surface area contributed by atoms with Crippen LogP contribution < -0.4 is 20.5 Å². The molecule has 0 heterocycles. The second kappa shape index (κ2) is 23.7. The maximum absolute atomic E-state index is 12.7. The molecule has 1 amide bonds. The largest absolute Gasteiger partial charge is 0.490 e. The van der Waals surface area contributed by atoms with E-state index in [1.54, 1.807) is 41.5 Å². The first-order valence-electron chi connectivity index (χ1n) is 24.2. The Balaban J connectivity index is 0.000000249. The van der Waals surface area contributed by atoms with Crippen LogP contribution >= 0.6 is 0 Å². The van der Waals surface area contributed by atoms with E-state index in [2.05, 4.69) is 59.0 Å². The van der Waals surface area contributed by atoms with Crippen LogP contribution in [-0.4, -0.2) is 62.6 Å². The van der Waals surface area contributed by atoms with E-state index in [9.17, 15) is 19.2 Å². The Morgan fingerprint density at radius 1 is 0.576 bits per heavy atom. The van der Waals surface area contributed by atoms with E-state index in [1.807, 2.05) is 60.7 Å². The second-order valence-electron chi connectivity index (χ2n) is 21.6. The van der Waals surface area contributed by atoms with Crippen LogP contribution in [0.2, 0.25) is 0 Å². The Morgan fingerprint density at radius 2 is 0.985 bits per heavy atom. The van der Waals surface area contributed by atoms with E-state index < -0.39 is 10.8 Å². The number of fused-ring (bicyclic) bond motifs is 2. The molecule has 66 heavy (non-hydrogen) atoms. The number of carbonyl (C=O) groups excluding carboxylic acids is 4. The summed E-state index contributed by atoms with van der Waals surface area (Å²) in [5, 5.41) is 7.09. The molecule has 0 bridgehead atoms. The minimum absolute atomic E-state index is 0.204. The average molecular weight is 909 g/mol. The fourth-order valence-electron chi connectivity index (χ4n) is 8.52. The van der Waals surface area contributed by atoms with Crippen LogP contribution in [0.25, 0.3) is 21.5 Å². The summed E-state index contributed by atoms with van der Waals surface area (Å²) in [6, 6.07) is 23.6. The number of aldehydes is 1. The van der Waals surface area contributed by atoms with Crippen molar-refractivity contribution >= 4 is 45.7 Å². The number of rotatable bonds is 13. The third kappa shape index (κ3) is 15.8. The Bertz CT molecular complexity index is 2220. The quantitative estimate of drug-likeness (QED) is 0.0989. The molecule has 6 rings (SSSR count). The molecule has 0 unspecified atom stereocenters. The molecular formula is C56H80N2O8. The lowest BCUT2D eigenvalue weighted by molar-refractivity contribution is -0.153. The summed E-state index contributed by atoms with van der Waals surface area (Å²) in [6.07, 6.45) is 10.9. The predicted molar refractivity (Wildman–Crippen MR) is 267 cm³/mol. The molecule has 0 aliphatic heterocycles. The van der Waals surface area contributed by atoms with E-state index in [4.69, 9.17) is 24.7 Å². The number of amides is 1. The van der Waals surface area contributed by atoms with E-state index >= 15 is 0 Å². The van der Waals surface area contributed by atoms with Gasteiger partial charge >= 0.3 is 11.9 Å². The van der Waals surface area contributed by atoms with Gasteiger partial charge in [0.05, 0.1) is 36.3 Å².